The van der Waals surface area contributed by atoms with E-state index in [0.717, 1.165) is 11.1 Å². The molecule has 2 rings (SSSR count). The first-order valence-corrected chi connectivity index (χ1v) is 3.88. The van der Waals surface area contributed by atoms with Gasteiger partial charge >= 0.3 is 0 Å². The van der Waals surface area contributed by atoms with Crippen LogP contribution >= 0.6 is 0 Å². The Morgan fingerprint density at radius 2 is 2.54 bits per heavy atom. The molecule has 63 valence electrons. The van der Waals surface area contributed by atoms with Crippen molar-refractivity contribution in [2.75, 3.05) is 0 Å². The predicted octanol–water partition coefficient (Wildman–Crippen LogP) is 0.449. The van der Waals surface area contributed by atoms with E-state index in [1.165, 1.54) is 6.20 Å². The number of carbonyl (C=O) groups is 1. The number of hydrogen-bond donors (Lipinski definition) is 1. The lowest BCUT2D eigenvalue weighted by molar-refractivity contribution is 0.1000. The van der Waals surface area contributed by atoms with Crippen molar-refractivity contribution >= 4 is 5.91 Å². The number of pyridine rings is 1. The summed E-state index contributed by atoms with van der Waals surface area (Å²) in [4.78, 5) is 14.7. The number of aromatic nitrogens is 1. The van der Waals surface area contributed by atoms with E-state index in [1.54, 1.807) is 6.92 Å². The summed E-state index contributed by atoms with van der Waals surface area (Å²) >= 11 is 0. The van der Waals surface area contributed by atoms with Crippen molar-refractivity contribution in [1.29, 1.82) is 0 Å². The molecule has 0 spiro atoms. The lowest BCUT2D eigenvalue weighted by atomic mass is 10.2. The van der Waals surface area contributed by atoms with Gasteiger partial charge in [-0.3, -0.25) is 9.78 Å². The van der Waals surface area contributed by atoms with Crippen LogP contribution in [0.5, 0.6) is 0 Å². The van der Waals surface area contributed by atoms with Crippen LogP contribution in [0.25, 0.3) is 0 Å². The molecule has 0 aromatic carbocycles. The molecular weight excluding hydrogens is 164 g/mol. The van der Waals surface area contributed by atoms with Gasteiger partial charge in [0.15, 0.2) is 0 Å². The maximum Gasteiger partial charge on any atom is 0.250 e. The van der Waals surface area contributed by atoms with E-state index >= 15 is 0 Å². The first-order chi connectivity index (χ1) is 6.25. The molecule has 0 fully saturated rings. The molecule has 1 aliphatic rings. The monoisotopic (exact) mass is 171 g/mol. The fourth-order valence-corrected chi connectivity index (χ4v) is 1.37. The third-order valence-corrected chi connectivity index (χ3v) is 2.01. The first-order valence-electron chi connectivity index (χ1n) is 3.88. The normalized spacial score (nSPS) is 16.8. The first kappa shape index (κ1) is 7.81. The van der Waals surface area contributed by atoms with Gasteiger partial charge in [-0.05, 0) is 12.5 Å². The summed E-state index contributed by atoms with van der Waals surface area (Å²) in [5.41, 5.74) is 7.45. The zero-order chi connectivity index (χ0) is 9.42. The van der Waals surface area contributed by atoms with Gasteiger partial charge in [0.25, 0.3) is 5.91 Å². The molecule has 2 N–H and O–H groups in total. The largest absolute Gasteiger partial charge is 0.366 e. The lowest BCUT2D eigenvalue weighted by Crippen LogP contribution is -2.11. The van der Waals surface area contributed by atoms with Gasteiger partial charge < -0.3 is 5.73 Å². The van der Waals surface area contributed by atoms with Crippen LogP contribution in [0.15, 0.2) is 6.20 Å². The Kier molecular flexibility index (Phi) is 1.56. The lowest BCUT2D eigenvalue weighted by Gasteiger charge is -1.89. The van der Waals surface area contributed by atoms with Crippen LogP contribution in [-0.4, -0.2) is 10.9 Å². The van der Waals surface area contributed by atoms with Crippen LogP contribution < -0.4 is 5.73 Å². The Bertz CT molecular complexity index is 440. The molecule has 13 heavy (non-hydrogen) atoms. The molecule has 3 heteroatoms. The average Bonchev–Trinajstić information content (AvgIpc) is 2.79. The molecule has 0 saturated carbocycles. The van der Waals surface area contributed by atoms with Gasteiger partial charge in [0.05, 0.1) is 17.7 Å². The van der Waals surface area contributed by atoms with E-state index in [1.807, 2.05) is 0 Å². The summed E-state index contributed by atoms with van der Waals surface area (Å²) in [5, 5.41) is 0. The summed E-state index contributed by atoms with van der Waals surface area (Å²) in [5.74, 6) is 5.33. The Morgan fingerprint density at radius 3 is 3.15 bits per heavy atom. The number of fused-ring (bicyclic) bond motifs is 1. The second-order valence-electron chi connectivity index (χ2n) is 2.80. The zero-order valence-corrected chi connectivity index (χ0v) is 7.09. The van der Waals surface area contributed by atoms with Gasteiger partial charge in [0.1, 0.15) is 0 Å². The maximum absolute atomic E-state index is 10.9. The summed E-state index contributed by atoms with van der Waals surface area (Å²) < 4.78 is 0. The van der Waals surface area contributed by atoms with E-state index in [9.17, 15) is 4.79 Å². The smallest absolute Gasteiger partial charge is 0.250 e. The van der Waals surface area contributed by atoms with Crippen molar-refractivity contribution in [3.63, 3.8) is 0 Å². The van der Waals surface area contributed by atoms with E-state index in [-0.39, 0.29) is 5.92 Å². The van der Waals surface area contributed by atoms with E-state index in [4.69, 9.17) is 5.73 Å². The number of carbonyl (C=O) groups excluding carboxylic acids is 1. The van der Waals surface area contributed by atoms with Crippen molar-refractivity contribution in [3.05, 3.63) is 29.1 Å². The standard InChI is InChI=1S/C10H7N2O/c1-2-3-6-7-4-12-5-8(9(6)7)10(11)13/h5-6H,1H3,(H2,11,13). The Hall–Kier alpha value is -1.82. The molecule has 1 radical (unpaired) electrons. The third kappa shape index (κ3) is 1.07. The second-order valence-corrected chi connectivity index (χ2v) is 2.80. The topological polar surface area (TPSA) is 56.0 Å². The third-order valence-electron chi connectivity index (χ3n) is 2.01. The molecule has 1 aromatic rings. The number of amides is 1. The Balaban J connectivity index is 2.45. The van der Waals surface area contributed by atoms with Gasteiger partial charge in [0.2, 0.25) is 0 Å². The highest BCUT2D eigenvalue weighted by Crippen LogP contribution is 2.43. The highest BCUT2D eigenvalue weighted by Gasteiger charge is 2.36. The summed E-state index contributed by atoms with van der Waals surface area (Å²) in [6.45, 7) is 1.76. The van der Waals surface area contributed by atoms with E-state index in [0.29, 0.717) is 5.56 Å². The fourth-order valence-electron chi connectivity index (χ4n) is 1.37. The minimum Gasteiger partial charge on any atom is -0.366 e. The number of primary amides is 1. The van der Waals surface area contributed by atoms with Crippen molar-refractivity contribution in [1.82, 2.24) is 4.98 Å². The van der Waals surface area contributed by atoms with Crippen LogP contribution in [-0.2, 0) is 0 Å². The molecule has 1 amide bonds. The molecule has 0 aliphatic heterocycles. The molecular formula is C10H7N2O. The average molecular weight is 171 g/mol. The van der Waals surface area contributed by atoms with Crippen molar-refractivity contribution in [2.24, 2.45) is 5.73 Å². The molecule has 0 saturated heterocycles. The molecule has 1 unspecified atom stereocenters. The number of nitrogens with zero attached hydrogens (tertiary/aromatic N) is 1. The predicted molar refractivity (Wildman–Crippen MR) is 46.9 cm³/mol. The second kappa shape index (κ2) is 2.60. The van der Waals surface area contributed by atoms with Gasteiger partial charge in [-0.2, -0.15) is 0 Å². The summed E-state index contributed by atoms with van der Waals surface area (Å²) in [7, 11) is 0. The Morgan fingerprint density at radius 1 is 1.77 bits per heavy atom. The van der Waals surface area contributed by atoms with Crippen LogP contribution in [0.2, 0.25) is 0 Å². The number of hydrogen-bond acceptors (Lipinski definition) is 2. The minimum absolute atomic E-state index is 0.0370. The quantitative estimate of drug-likeness (QED) is 0.623. The molecule has 1 heterocycles. The van der Waals surface area contributed by atoms with Crippen LogP contribution in [0.1, 0.15) is 34.3 Å². The van der Waals surface area contributed by atoms with E-state index in [2.05, 4.69) is 23.0 Å². The van der Waals surface area contributed by atoms with Crippen LogP contribution in [0, 0.1) is 18.0 Å². The van der Waals surface area contributed by atoms with Crippen molar-refractivity contribution in [2.45, 2.75) is 12.8 Å². The van der Waals surface area contributed by atoms with E-state index < -0.39 is 5.91 Å². The fraction of sp³-hybridized carbons (Fsp3) is 0.200. The molecule has 1 atom stereocenters. The highest BCUT2D eigenvalue weighted by atomic mass is 16.1. The maximum atomic E-state index is 10.9. The number of rotatable bonds is 1. The molecule has 3 nitrogen and oxygen atoms in total. The van der Waals surface area contributed by atoms with Gasteiger partial charge in [-0.15, -0.1) is 5.92 Å². The molecule has 1 aromatic heterocycles. The van der Waals surface area contributed by atoms with Gasteiger partial charge in [-0.1, -0.05) is 5.92 Å². The minimum atomic E-state index is -0.446. The summed E-state index contributed by atoms with van der Waals surface area (Å²) in [6, 6.07) is 0. The Labute approximate surface area is 76.0 Å². The SMILES string of the molecule is CC#CC1c2[c]ncc(C(N)=O)c21. The molecule has 0 bridgehead atoms. The highest BCUT2D eigenvalue weighted by molar-refractivity contribution is 5.97. The van der Waals surface area contributed by atoms with Crippen LogP contribution in [0.4, 0.5) is 0 Å². The zero-order valence-electron chi connectivity index (χ0n) is 7.09. The van der Waals surface area contributed by atoms with Crippen molar-refractivity contribution < 1.29 is 4.79 Å². The van der Waals surface area contributed by atoms with Crippen LogP contribution in [0.3, 0.4) is 0 Å². The van der Waals surface area contributed by atoms with Gasteiger partial charge in [-0.25, -0.2) is 0 Å². The summed E-state index contributed by atoms with van der Waals surface area (Å²) in [6.07, 6.45) is 4.24. The number of nitrogens with two attached hydrogens (primary N) is 1. The van der Waals surface area contributed by atoms with Gasteiger partial charge in [0, 0.05) is 11.8 Å². The van der Waals surface area contributed by atoms with Crippen molar-refractivity contribution in [3.8, 4) is 11.8 Å². The molecule has 1 aliphatic carbocycles.